The Balaban J connectivity index is 1.81. The molecule has 0 aromatic heterocycles. The highest BCUT2D eigenvalue weighted by molar-refractivity contribution is 7.89. The van der Waals surface area contributed by atoms with Crippen LogP contribution in [-0.2, 0) is 16.4 Å². The van der Waals surface area contributed by atoms with E-state index in [1.807, 2.05) is 0 Å². The Hall–Kier alpha value is -1.11. The van der Waals surface area contributed by atoms with E-state index < -0.39 is 10.0 Å². The number of hydrogen-bond donors (Lipinski definition) is 2. The van der Waals surface area contributed by atoms with Gasteiger partial charge >= 0.3 is 0 Å². The lowest BCUT2D eigenvalue weighted by Crippen LogP contribution is -2.38. The maximum Gasteiger partial charge on any atom is 0.240 e. The molecule has 3 rings (SSSR count). The van der Waals surface area contributed by atoms with Crippen LogP contribution in [0, 0.1) is 5.92 Å². The van der Waals surface area contributed by atoms with Gasteiger partial charge in [-0.05, 0) is 42.5 Å². The summed E-state index contributed by atoms with van der Waals surface area (Å²) in [5, 5.41) is 9.28. The minimum absolute atomic E-state index is 0.0301. The lowest BCUT2D eigenvalue weighted by atomic mass is 10.1. The van der Waals surface area contributed by atoms with Crippen LogP contribution in [0.5, 0.6) is 5.75 Å². The summed E-state index contributed by atoms with van der Waals surface area (Å²) in [6.07, 6.45) is 3.37. The molecule has 0 amide bonds. The summed E-state index contributed by atoms with van der Waals surface area (Å²) in [6.45, 7) is 0.646. The Kier molecular flexibility index (Phi) is 3.70. The van der Waals surface area contributed by atoms with Gasteiger partial charge in [-0.15, -0.1) is 0 Å². The van der Waals surface area contributed by atoms with Crippen molar-refractivity contribution < 1.29 is 18.3 Å². The van der Waals surface area contributed by atoms with E-state index in [0.717, 1.165) is 37.0 Å². The molecule has 0 radical (unpaired) electrons. The molecule has 20 heavy (non-hydrogen) atoms. The zero-order valence-corrected chi connectivity index (χ0v) is 12.0. The van der Waals surface area contributed by atoms with Gasteiger partial charge in [0.2, 0.25) is 10.0 Å². The quantitative estimate of drug-likeness (QED) is 0.871. The Bertz CT molecular complexity index is 599. The van der Waals surface area contributed by atoms with Gasteiger partial charge in [-0.3, -0.25) is 0 Å². The van der Waals surface area contributed by atoms with Crippen LogP contribution < -0.4 is 9.46 Å². The molecule has 2 unspecified atom stereocenters. The van der Waals surface area contributed by atoms with Gasteiger partial charge in [0.1, 0.15) is 5.75 Å². The van der Waals surface area contributed by atoms with Crippen molar-refractivity contribution >= 4 is 10.0 Å². The molecule has 1 heterocycles. The van der Waals surface area contributed by atoms with Crippen molar-refractivity contribution in [3.63, 3.8) is 0 Å². The van der Waals surface area contributed by atoms with E-state index in [0.29, 0.717) is 6.61 Å². The molecular weight excluding hydrogens is 278 g/mol. The predicted molar refractivity (Wildman–Crippen MR) is 74.2 cm³/mol. The van der Waals surface area contributed by atoms with E-state index in [1.54, 1.807) is 18.2 Å². The van der Waals surface area contributed by atoms with E-state index >= 15 is 0 Å². The third-order valence-electron chi connectivity index (χ3n) is 4.17. The second kappa shape index (κ2) is 5.35. The van der Waals surface area contributed by atoms with Crippen LogP contribution in [0.1, 0.15) is 24.8 Å². The largest absolute Gasteiger partial charge is 0.493 e. The third-order valence-corrected chi connectivity index (χ3v) is 5.66. The van der Waals surface area contributed by atoms with Crippen LogP contribution in [-0.4, -0.2) is 32.8 Å². The molecule has 1 aromatic rings. The van der Waals surface area contributed by atoms with Crippen molar-refractivity contribution in [2.45, 2.75) is 36.6 Å². The van der Waals surface area contributed by atoms with Crippen molar-refractivity contribution in [3.8, 4) is 5.75 Å². The lowest BCUT2D eigenvalue weighted by Gasteiger charge is -2.19. The molecule has 1 aliphatic carbocycles. The maximum atomic E-state index is 12.4. The molecule has 110 valence electrons. The predicted octanol–water partition coefficient (Wildman–Crippen LogP) is 1.06. The smallest absolute Gasteiger partial charge is 0.240 e. The molecule has 1 aromatic carbocycles. The number of aliphatic hydroxyl groups is 1. The molecule has 2 N–H and O–H groups in total. The standard InChI is InChI=1S/C14H19NO4S/c16-9-11-2-1-3-13(11)15-20(17,18)12-4-5-14-10(8-12)6-7-19-14/h4-5,8,11,13,15-16H,1-3,6-7,9H2. The fourth-order valence-corrected chi connectivity index (χ4v) is 4.40. The average molecular weight is 297 g/mol. The Morgan fingerprint density at radius 3 is 3.00 bits per heavy atom. The zero-order chi connectivity index (χ0) is 14.2. The van der Waals surface area contributed by atoms with Crippen LogP contribution in [0.3, 0.4) is 0 Å². The average Bonchev–Trinajstić information content (AvgIpc) is 3.05. The number of sulfonamides is 1. The number of aliphatic hydroxyl groups excluding tert-OH is 1. The molecule has 1 aliphatic heterocycles. The molecular formula is C14H19NO4S. The van der Waals surface area contributed by atoms with Crippen LogP contribution >= 0.6 is 0 Å². The molecule has 0 bridgehead atoms. The van der Waals surface area contributed by atoms with Gasteiger partial charge in [-0.1, -0.05) is 6.42 Å². The summed E-state index contributed by atoms with van der Waals surface area (Å²) in [5.41, 5.74) is 0.943. The number of nitrogens with one attached hydrogen (secondary N) is 1. The van der Waals surface area contributed by atoms with Crippen molar-refractivity contribution in [2.75, 3.05) is 13.2 Å². The van der Waals surface area contributed by atoms with Crippen LogP contribution in [0.15, 0.2) is 23.1 Å². The Labute approximate surface area is 119 Å². The van der Waals surface area contributed by atoms with E-state index in [1.165, 1.54) is 0 Å². The molecule has 1 fully saturated rings. The minimum atomic E-state index is -3.52. The molecule has 0 saturated heterocycles. The number of benzene rings is 1. The fraction of sp³-hybridized carbons (Fsp3) is 0.571. The number of hydrogen-bond acceptors (Lipinski definition) is 4. The van der Waals surface area contributed by atoms with E-state index in [9.17, 15) is 13.5 Å². The van der Waals surface area contributed by atoms with Crippen molar-refractivity contribution in [3.05, 3.63) is 23.8 Å². The first kappa shape index (κ1) is 13.9. The van der Waals surface area contributed by atoms with Gasteiger partial charge in [0.05, 0.1) is 11.5 Å². The second-order valence-electron chi connectivity index (χ2n) is 5.47. The highest BCUT2D eigenvalue weighted by Crippen LogP contribution is 2.29. The Morgan fingerprint density at radius 2 is 2.20 bits per heavy atom. The number of fused-ring (bicyclic) bond motifs is 1. The van der Waals surface area contributed by atoms with E-state index in [-0.39, 0.29) is 23.5 Å². The molecule has 5 nitrogen and oxygen atoms in total. The van der Waals surface area contributed by atoms with Gasteiger partial charge in [-0.2, -0.15) is 0 Å². The monoisotopic (exact) mass is 297 g/mol. The van der Waals surface area contributed by atoms with Crippen molar-refractivity contribution in [2.24, 2.45) is 5.92 Å². The first-order chi connectivity index (χ1) is 9.60. The van der Waals surface area contributed by atoms with Crippen LogP contribution in [0.4, 0.5) is 0 Å². The normalized spacial score (nSPS) is 25.4. The Morgan fingerprint density at radius 1 is 1.35 bits per heavy atom. The molecule has 2 atom stereocenters. The maximum absolute atomic E-state index is 12.4. The number of ether oxygens (including phenoxy) is 1. The first-order valence-corrected chi connectivity index (χ1v) is 8.47. The molecule has 0 spiro atoms. The van der Waals surface area contributed by atoms with Crippen molar-refractivity contribution in [1.82, 2.24) is 4.72 Å². The summed E-state index contributed by atoms with van der Waals surface area (Å²) in [5.74, 6) is 0.806. The highest BCUT2D eigenvalue weighted by atomic mass is 32.2. The topological polar surface area (TPSA) is 75.6 Å². The number of rotatable bonds is 4. The minimum Gasteiger partial charge on any atom is -0.493 e. The van der Waals surface area contributed by atoms with Gasteiger partial charge in [0, 0.05) is 19.1 Å². The molecule has 2 aliphatic rings. The lowest BCUT2D eigenvalue weighted by molar-refractivity contribution is 0.213. The van der Waals surface area contributed by atoms with Gasteiger partial charge in [-0.25, -0.2) is 13.1 Å². The van der Waals surface area contributed by atoms with E-state index in [2.05, 4.69) is 4.72 Å². The summed E-state index contributed by atoms with van der Waals surface area (Å²) in [7, 11) is -3.52. The SMILES string of the molecule is O=S(=O)(NC1CCCC1CO)c1ccc2c(c1)CCO2. The highest BCUT2D eigenvalue weighted by Gasteiger charge is 2.31. The zero-order valence-electron chi connectivity index (χ0n) is 11.2. The van der Waals surface area contributed by atoms with Gasteiger partial charge in [0.25, 0.3) is 0 Å². The second-order valence-corrected chi connectivity index (χ2v) is 7.18. The molecule has 6 heteroatoms. The summed E-state index contributed by atoms with van der Waals surface area (Å²) in [6, 6.07) is 4.83. The van der Waals surface area contributed by atoms with Crippen LogP contribution in [0.25, 0.3) is 0 Å². The van der Waals surface area contributed by atoms with Crippen molar-refractivity contribution in [1.29, 1.82) is 0 Å². The van der Waals surface area contributed by atoms with Gasteiger partial charge in [0.15, 0.2) is 0 Å². The third kappa shape index (κ3) is 2.55. The summed E-state index contributed by atoms with van der Waals surface area (Å²) >= 11 is 0. The van der Waals surface area contributed by atoms with Gasteiger partial charge < -0.3 is 9.84 Å². The first-order valence-electron chi connectivity index (χ1n) is 6.99. The fourth-order valence-electron chi connectivity index (χ4n) is 3.01. The summed E-state index contributed by atoms with van der Waals surface area (Å²) < 4.78 is 33.0. The van der Waals surface area contributed by atoms with Crippen LogP contribution in [0.2, 0.25) is 0 Å². The summed E-state index contributed by atoms with van der Waals surface area (Å²) in [4.78, 5) is 0.283. The molecule has 1 saturated carbocycles. The van der Waals surface area contributed by atoms with E-state index in [4.69, 9.17) is 4.74 Å².